The Morgan fingerprint density at radius 3 is 3.18 bits per heavy atom. The maximum absolute atomic E-state index is 8.45. The third-order valence-corrected chi connectivity index (χ3v) is 1.27. The van der Waals surface area contributed by atoms with Crippen molar-refractivity contribution in [3.63, 3.8) is 0 Å². The van der Waals surface area contributed by atoms with Crippen molar-refractivity contribution in [1.29, 1.82) is 5.26 Å². The highest BCUT2D eigenvalue weighted by Gasteiger charge is 2.00. The Labute approximate surface area is 61.7 Å². The molecule has 2 aromatic heterocycles. The second-order valence-electron chi connectivity index (χ2n) is 1.95. The van der Waals surface area contributed by atoms with Gasteiger partial charge in [0.25, 0.3) is 0 Å². The van der Waals surface area contributed by atoms with E-state index >= 15 is 0 Å². The van der Waals surface area contributed by atoms with Gasteiger partial charge < -0.3 is 4.98 Å². The molecule has 0 aliphatic heterocycles. The van der Waals surface area contributed by atoms with E-state index in [0.717, 1.165) is 0 Å². The number of imidazole rings is 1. The highest BCUT2D eigenvalue weighted by atomic mass is 15.0. The van der Waals surface area contributed by atoms with Crippen LogP contribution in [0.25, 0.3) is 11.2 Å². The average Bonchev–Trinajstić information content (AvgIpc) is 2.46. The lowest BCUT2D eigenvalue weighted by atomic mass is 10.6. The number of H-pyrrole nitrogens is 1. The first-order valence-corrected chi connectivity index (χ1v) is 2.96. The molecule has 1 N–H and O–H groups in total. The zero-order chi connectivity index (χ0) is 7.68. The molecule has 2 aromatic rings. The first-order valence-electron chi connectivity index (χ1n) is 2.96. The Morgan fingerprint density at radius 2 is 2.45 bits per heavy atom. The summed E-state index contributed by atoms with van der Waals surface area (Å²) in [6, 6.07) is 1.88. The number of hydrogen-bond acceptors (Lipinski definition) is 4. The summed E-state index contributed by atoms with van der Waals surface area (Å²) in [7, 11) is 0. The van der Waals surface area contributed by atoms with Crippen molar-refractivity contribution in [1.82, 2.24) is 19.9 Å². The Morgan fingerprint density at radius 1 is 1.55 bits per heavy atom. The molecule has 11 heavy (non-hydrogen) atoms. The standard InChI is InChI=1S/C6H3N5/c7-1-5-10-4-2-8-3-9-6(4)11-5/h2-3H,(H,8,9,10,11). The van der Waals surface area contributed by atoms with E-state index in [1.54, 1.807) is 6.20 Å². The monoisotopic (exact) mass is 145 g/mol. The highest BCUT2D eigenvalue weighted by Crippen LogP contribution is 2.03. The maximum atomic E-state index is 8.45. The Balaban J connectivity index is 2.81. The van der Waals surface area contributed by atoms with Crippen LogP contribution in [0.2, 0.25) is 0 Å². The summed E-state index contributed by atoms with van der Waals surface area (Å²) in [5.74, 6) is 0.264. The van der Waals surface area contributed by atoms with E-state index in [4.69, 9.17) is 5.26 Å². The molecule has 0 saturated heterocycles. The van der Waals surface area contributed by atoms with Crippen LogP contribution in [0.1, 0.15) is 5.82 Å². The first-order chi connectivity index (χ1) is 5.40. The van der Waals surface area contributed by atoms with Gasteiger partial charge in [-0.25, -0.2) is 15.0 Å². The summed E-state index contributed by atoms with van der Waals surface area (Å²) in [4.78, 5) is 14.2. The summed E-state index contributed by atoms with van der Waals surface area (Å²) >= 11 is 0. The molecular formula is C6H3N5. The molecule has 52 valence electrons. The summed E-state index contributed by atoms with van der Waals surface area (Å²) in [5, 5.41) is 8.45. The van der Waals surface area contributed by atoms with Crippen LogP contribution >= 0.6 is 0 Å². The predicted molar refractivity (Wildman–Crippen MR) is 36.4 cm³/mol. The lowest BCUT2D eigenvalue weighted by molar-refractivity contribution is 1.19. The normalized spacial score (nSPS) is 9.73. The molecule has 0 radical (unpaired) electrons. The molecule has 0 spiro atoms. The maximum Gasteiger partial charge on any atom is 0.212 e. The molecule has 0 aliphatic carbocycles. The van der Waals surface area contributed by atoms with Crippen molar-refractivity contribution in [3.05, 3.63) is 18.3 Å². The zero-order valence-corrected chi connectivity index (χ0v) is 5.44. The minimum atomic E-state index is 0.264. The fourth-order valence-corrected chi connectivity index (χ4v) is 0.814. The van der Waals surface area contributed by atoms with E-state index < -0.39 is 0 Å². The topological polar surface area (TPSA) is 78.2 Å². The highest BCUT2D eigenvalue weighted by molar-refractivity contribution is 5.69. The number of fused-ring (bicyclic) bond motifs is 1. The van der Waals surface area contributed by atoms with Crippen molar-refractivity contribution in [2.75, 3.05) is 0 Å². The van der Waals surface area contributed by atoms with Gasteiger partial charge in [0.15, 0.2) is 5.65 Å². The molecule has 0 atom stereocenters. The van der Waals surface area contributed by atoms with Gasteiger partial charge >= 0.3 is 0 Å². The Hall–Kier alpha value is -1.96. The molecule has 0 fully saturated rings. The van der Waals surface area contributed by atoms with E-state index in [-0.39, 0.29) is 5.82 Å². The van der Waals surface area contributed by atoms with Crippen LogP contribution in [0.4, 0.5) is 0 Å². The number of nitrogens with one attached hydrogen (secondary N) is 1. The van der Waals surface area contributed by atoms with Crippen LogP contribution in [0, 0.1) is 11.3 Å². The van der Waals surface area contributed by atoms with Gasteiger partial charge in [0.2, 0.25) is 5.82 Å². The second-order valence-corrected chi connectivity index (χ2v) is 1.95. The van der Waals surface area contributed by atoms with Crippen molar-refractivity contribution < 1.29 is 0 Å². The summed E-state index contributed by atoms with van der Waals surface area (Å²) < 4.78 is 0. The van der Waals surface area contributed by atoms with E-state index in [1.165, 1.54) is 6.33 Å². The fourth-order valence-electron chi connectivity index (χ4n) is 0.814. The van der Waals surface area contributed by atoms with Crippen LogP contribution in [-0.2, 0) is 0 Å². The van der Waals surface area contributed by atoms with Gasteiger partial charge in [0.05, 0.1) is 6.20 Å². The van der Waals surface area contributed by atoms with Gasteiger partial charge in [-0.2, -0.15) is 5.26 Å². The smallest absolute Gasteiger partial charge is 0.212 e. The SMILES string of the molecule is N#Cc1nc2cncnc2[nH]1. The van der Waals surface area contributed by atoms with Crippen molar-refractivity contribution in [2.24, 2.45) is 0 Å². The molecule has 0 amide bonds. The summed E-state index contributed by atoms with van der Waals surface area (Å²) in [5.41, 5.74) is 1.21. The Kier molecular flexibility index (Phi) is 1.07. The number of hydrogen-bond donors (Lipinski definition) is 1. The fraction of sp³-hybridized carbons (Fsp3) is 0. The number of nitriles is 1. The van der Waals surface area contributed by atoms with Crippen molar-refractivity contribution in [3.8, 4) is 6.07 Å². The molecule has 0 aliphatic rings. The quantitative estimate of drug-likeness (QED) is 0.575. The first kappa shape index (κ1) is 5.80. The van der Waals surface area contributed by atoms with Crippen LogP contribution < -0.4 is 0 Å². The number of rotatable bonds is 0. The molecule has 2 rings (SSSR count). The van der Waals surface area contributed by atoms with E-state index in [1.807, 2.05) is 6.07 Å². The molecule has 5 heteroatoms. The van der Waals surface area contributed by atoms with Crippen LogP contribution in [0.3, 0.4) is 0 Å². The van der Waals surface area contributed by atoms with Crippen molar-refractivity contribution >= 4 is 11.2 Å². The molecule has 0 unspecified atom stereocenters. The van der Waals surface area contributed by atoms with Crippen LogP contribution in [-0.4, -0.2) is 19.9 Å². The molecule has 5 nitrogen and oxygen atoms in total. The number of aromatic nitrogens is 4. The Bertz CT molecular complexity index is 391. The minimum absolute atomic E-state index is 0.264. The lowest BCUT2D eigenvalue weighted by Gasteiger charge is -1.79. The number of nitrogens with zero attached hydrogens (tertiary/aromatic N) is 4. The van der Waals surface area contributed by atoms with Gasteiger partial charge in [0, 0.05) is 0 Å². The van der Waals surface area contributed by atoms with Gasteiger partial charge in [-0.3, -0.25) is 0 Å². The van der Waals surface area contributed by atoms with Crippen molar-refractivity contribution in [2.45, 2.75) is 0 Å². The van der Waals surface area contributed by atoms with Gasteiger partial charge in [-0.05, 0) is 0 Å². The van der Waals surface area contributed by atoms with Gasteiger partial charge in [0.1, 0.15) is 17.9 Å². The third-order valence-electron chi connectivity index (χ3n) is 1.27. The van der Waals surface area contributed by atoms with Gasteiger partial charge in [-0.15, -0.1) is 0 Å². The third kappa shape index (κ3) is 0.809. The largest absolute Gasteiger partial charge is 0.314 e. The molecular weight excluding hydrogens is 142 g/mol. The van der Waals surface area contributed by atoms with Crippen LogP contribution in [0.15, 0.2) is 12.5 Å². The van der Waals surface area contributed by atoms with E-state index in [9.17, 15) is 0 Å². The molecule has 2 heterocycles. The molecule has 0 saturated carbocycles. The lowest BCUT2D eigenvalue weighted by Crippen LogP contribution is -1.76. The molecule has 0 aromatic carbocycles. The summed E-state index contributed by atoms with van der Waals surface area (Å²) in [6.07, 6.45) is 2.96. The summed E-state index contributed by atoms with van der Waals surface area (Å²) in [6.45, 7) is 0. The second kappa shape index (κ2) is 2.02. The van der Waals surface area contributed by atoms with E-state index in [2.05, 4.69) is 19.9 Å². The number of aromatic amines is 1. The van der Waals surface area contributed by atoms with Crippen LogP contribution in [0.5, 0.6) is 0 Å². The zero-order valence-electron chi connectivity index (χ0n) is 5.44. The average molecular weight is 145 g/mol. The minimum Gasteiger partial charge on any atom is -0.314 e. The van der Waals surface area contributed by atoms with Gasteiger partial charge in [-0.1, -0.05) is 0 Å². The van der Waals surface area contributed by atoms with E-state index in [0.29, 0.717) is 11.2 Å². The predicted octanol–water partition coefficient (Wildman–Crippen LogP) is 0.225. The molecule has 0 bridgehead atoms.